The van der Waals surface area contributed by atoms with E-state index >= 15 is 0 Å². The molecule has 2 heterocycles. The number of ether oxygens (including phenoxy) is 1. The van der Waals surface area contributed by atoms with Gasteiger partial charge in [-0.1, -0.05) is 36.4 Å². The zero-order chi connectivity index (χ0) is 22.4. The minimum Gasteiger partial charge on any atom is -0.477 e. The lowest BCUT2D eigenvalue weighted by Gasteiger charge is -2.20. The van der Waals surface area contributed by atoms with Crippen molar-refractivity contribution >= 4 is 44.7 Å². The molecule has 0 aliphatic heterocycles. The van der Waals surface area contributed by atoms with Crippen molar-refractivity contribution in [1.82, 2.24) is 9.97 Å². The number of aryl methyl sites for hydroxylation is 1. The van der Waals surface area contributed by atoms with Gasteiger partial charge in [-0.2, -0.15) is 0 Å². The van der Waals surface area contributed by atoms with E-state index in [0.717, 1.165) is 0 Å². The molecule has 32 heavy (non-hydrogen) atoms. The number of thiophene rings is 1. The number of hydrogen-bond acceptors (Lipinski definition) is 7. The van der Waals surface area contributed by atoms with E-state index in [1.807, 2.05) is 13.8 Å². The summed E-state index contributed by atoms with van der Waals surface area (Å²) in [6.45, 7) is 4.11. The molecule has 0 saturated heterocycles. The second-order valence-electron chi connectivity index (χ2n) is 7.23. The number of nitrogens with one attached hydrogen (secondary N) is 1. The lowest BCUT2D eigenvalue weighted by Crippen LogP contribution is -2.23. The Morgan fingerprint density at radius 1 is 1.00 bits per heavy atom. The Bertz CT molecular complexity index is 1440. The molecular formula is C24H17N3O4S. The molecule has 1 aliphatic rings. The fraction of sp³-hybridized carbons (Fsp3) is 0.125. The summed E-state index contributed by atoms with van der Waals surface area (Å²) in [4.78, 5) is 48.8. The van der Waals surface area contributed by atoms with Crippen LogP contribution in [-0.4, -0.2) is 34.0 Å². The standard InChI is InChI=1S/C24H17N3O4S/c1-3-31-23-17-12(2)21(32-24(17)26-11-25-23)22(30)27-16-10-6-9-15-18(16)20(29)14-8-5-4-7-13(14)19(15)28/h4-11H,3H2,1-2H3,(H,27,30). The molecule has 0 bridgehead atoms. The predicted molar refractivity (Wildman–Crippen MR) is 121 cm³/mol. The van der Waals surface area contributed by atoms with Crippen LogP contribution < -0.4 is 10.1 Å². The summed E-state index contributed by atoms with van der Waals surface area (Å²) in [5.74, 6) is -0.482. The summed E-state index contributed by atoms with van der Waals surface area (Å²) >= 11 is 1.22. The van der Waals surface area contributed by atoms with E-state index in [0.29, 0.717) is 50.0 Å². The molecule has 0 saturated carbocycles. The first-order chi connectivity index (χ1) is 15.5. The minimum atomic E-state index is -0.388. The Morgan fingerprint density at radius 2 is 1.72 bits per heavy atom. The molecule has 0 atom stereocenters. The number of aromatic nitrogens is 2. The van der Waals surface area contributed by atoms with Gasteiger partial charge in [0.1, 0.15) is 11.2 Å². The first-order valence-electron chi connectivity index (χ1n) is 10.0. The van der Waals surface area contributed by atoms with Gasteiger partial charge in [-0.3, -0.25) is 14.4 Å². The molecule has 7 nitrogen and oxygen atoms in total. The fourth-order valence-corrected chi connectivity index (χ4v) is 4.96. The van der Waals surface area contributed by atoms with Crippen LogP contribution in [-0.2, 0) is 0 Å². The average molecular weight is 443 g/mol. The molecule has 158 valence electrons. The Balaban J connectivity index is 1.56. The van der Waals surface area contributed by atoms with Gasteiger partial charge in [-0.15, -0.1) is 11.3 Å². The van der Waals surface area contributed by atoms with E-state index in [9.17, 15) is 14.4 Å². The number of benzene rings is 2. The van der Waals surface area contributed by atoms with Crippen LogP contribution in [0.25, 0.3) is 10.2 Å². The SMILES string of the molecule is CCOc1ncnc2sc(C(=O)Nc3cccc4c3C(=O)c3ccccc3C4=O)c(C)c12. The van der Waals surface area contributed by atoms with E-state index < -0.39 is 0 Å². The number of anilines is 1. The minimum absolute atomic E-state index is 0.207. The third-order valence-electron chi connectivity index (χ3n) is 5.38. The maximum absolute atomic E-state index is 13.2. The van der Waals surface area contributed by atoms with Crippen LogP contribution in [0.3, 0.4) is 0 Å². The Labute approximate surface area is 187 Å². The topological polar surface area (TPSA) is 98.2 Å². The molecule has 1 aliphatic carbocycles. The van der Waals surface area contributed by atoms with E-state index in [1.165, 1.54) is 17.7 Å². The van der Waals surface area contributed by atoms with Crippen molar-refractivity contribution in [2.75, 3.05) is 11.9 Å². The molecule has 8 heteroatoms. The first-order valence-corrected chi connectivity index (χ1v) is 10.8. The lowest BCUT2D eigenvalue weighted by atomic mass is 9.83. The highest BCUT2D eigenvalue weighted by atomic mass is 32.1. The number of fused-ring (bicyclic) bond motifs is 3. The summed E-state index contributed by atoms with van der Waals surface area (Å²) < 4.78 is 5.59. The van der Waals surface area contributed by atoms with Crippen molar-refractivity contribution in [1.29, 1.82) is 0 Å². The Kier molecular flexibility index (Phi) is 4.79. The van der Waals surface area contributed by atoms with Crippen LogP contribution >= 0.6 is 11.3 Å². The maximum Gasteiger partial charge on any atom is 0.266 e. The zero-order valence-corrected chi connectivity index (χ0v) is 18.1. The molecule has 0 radical (unpaired) electrons. The lowest BCUT2D eigenvalue weighted by molar-refractivity contribution is 0.0978. The van der Waals surface area contributed by atoms with E-state index in [2.05, 4.69) is 15.3 Å². The number of rotatable bonds is 4. The summed E-state index contributed by atoms with van der Waals surface area (Å²) in [5, 5.41) is 3.53. The largest absolute Gasteiger partial charge is 0.477 e. The smallest absolute Gasteiger partial charge is 0.266 e. The number of nitrogens with zero attached hydrogens (tertiary/aromatic N) is 2. The summed E-state index contributed by atoms with van der Waals surface area (Å²) in [6, 6.07) is 11.6. The summed E-state index contributed by atoms with van der Waals surface area (Å²) in [7, 11) is 0. The molecule has 0 fully saturated rings. The van der Waals surface area contributed by atoms with Gasteiger partial charge in [-0.25, -0.2) is 9.97 Å². The highest BCUT2D eigenvalue weighted by molar-refractivity contribution is 7.20. The average Bonchev–Trinajstić information content (AvgIpc) is 3.15. The molecular weight excluding hydrogens is 426 g/mol. The quantitative estimate of drug-likeness (QED) is 0.441. The molecule has 4 aromatic rings. The van der Waals surface area contributed by atoms with Crippen LogP contribution in [0, 0.1) is 6.92 Å². The normalized spacial score (nSPS) is 12.4. The fourth-order valence-electron chi connectivity index (χ4n) is 3.93. The predicted octanol–water partition coefficient (Wildman–Crippen LogP) is 4.43. The summed E-state index contributed by atoms with van der Waals surface area (Å²) in [5.41, 5.74) is 2.19. The highest BCUT2D eigenvalue weighted by Gasteiger charge is 2.32. The van der Waals surface area contributed by atoms with E-state index in [1.54, 1.807) is 42.5 Å². The number of carbonyl (C=O) groups excluding carboxylic acids is 3. The van der Waals surface area contributed by atoms with Gasteiger partial charge in [-0.05, 0) is 25.5 Å². The van der Waals surface area contributed by atoms with Crippen molar-refractivity contribution in [3.63, 3.8) is 0 Å². The Hall–Kier alpha value is -3.91. The monoisotopic (exact) mass is 443 g/mol. The maximum atomic E-state index is 13.2. The Morgan fingerprint density at radius 3 is 2.47 bits per heavy atom. The summed E-state index contributed by atoms with van der Waals surface area (Å²) in [6.07, 6.45) is 1.40. The van der Waals surface area contributed by atoms with Crippen LogP contribution in [0.5, 0.6) is 5.88 Å². The molecule has 5 rings (SSSR count). The molecule has 1 N–H and O–H groups in total. The second kappa shape index (κ2) is 7.65. The highest BCUT2D eigenvalue weighted by Crippen LogP contribution is 2.36. The molecule has 2 aromatic heterocycles. The number of amides is 1. The third-order valence-corrected chi connectivity index (χ3v) is 6.58. The number of carbonyl (C=O) groups is 3. The van der Waals surface area contributed by atoms with Crippen molar-refractivity contribution in [3.8, 4) is 5.88 Å². The van der Waals surface area contributed by atoms with Gasteiger partial charge in [0.05, 0.1) is 28.1 Å². The van der Waals surface area contributed by atoms with Crippen LogP contribution in [0.2, 0.25) is 0 Å². The van der Waals surface area contributed by atoms with Gasteiger partial charge >= 0.3 is 0 Å². The van der Waals surface area contributed by atoms with E-state index in [4.69, 9.17) is 4.74 Å². The molecule has 1 amide bonds. The zero-order valence-electron chi connectivity index (χ0n) is 17.3. The van der Waals surface area contributed by atoms with Gasteiger partial charge in [0.25, 0.3) is 5.91 Å². The second-order valence-corrected chi connectivity index (χ2v) is 8.23. The molecule has 0 spiro atoms. The number of hydrogen-bond donors (Lipinski definition) is 1. The van der Waals surface area contributed by atoms with Gasteiger partial charge in [0.2, 0.25) is 5.88 Å². The number of ketones is 2. The van der Waals surface area contributed by atoms with E-state index in [-0.39, 0.29) is 28.6 Å². The van der Waals surface area contributed by atoms with Crippen molar-refractivity contribution in [2.24, 2.45) is 0 Å². The van der Waals surface area contributed by atoms with Gasteiger partial charge in [0, 0.05) is 16.7 Å². The molecule has 0 unspecified atom stereocenters. The third kappa shape index (κ3) is 2.99. The molecule has 2 aromatic carbocycles. The first kappa shape index (κ1) is 20.0. The van der Waals surface area contributed by atoms with Crippen molar-refractivity contribution < 1.29 is 19.1 Å². The van der Waals surface area contributed by atoms with Crippen molar-refractivity contribution in [3.05, 3.63) is 81.5 Å². The van der Waals surface area contributed by atoms with Gasteiger partial charge < -0.3 is 10.1 Å². The van der Waals surface area contributed by atoms with Gasteiger partial charge in [0.15, 0.2) is 11.6 Å². The van der Waals surface area contributed by atoms with Crippen LogP contribution in [0.4, 0.5) is 5.69 Å². The van der Waals surface area contributed by atoms with Crippen molar-refractivity contribution in [2.45, 2.75) is 13.8 Å². The van der Waals surface area contributed by atoms with Crippen LogP contribution in [0.1, 0.15) is 54.0 Å². The van der Waals surface area contributed by atoms with Crippen LogP contribution in [0.15, 0.2) is 48.8 Å².